The van der Waals surface area contributed by atoms with Crippen molar-refractivity contribution in [2.24, 2.45) is 5.92 Å². The molecule has 1 aromatic carbocycles. The molecule has 0 saturated heterocycles. The first-order valence-electron chi connectivity index (χ1n) is 6.61. The number of hydrogen-bond donors (Lipinski definition) is 2. The second kappa shape index (κ2) is 8.43. The van der Waals surface area contributed by atoms with Crippen LogP contribution >= 0.6 is 11.6 Å². The lowest BCUT2D eigenvalue weighted by atomic mass is 10.2. The van der Waals surface area contributed by atoms with Crippen LogP contribution in [0.15, 0.2) is 18.2 Å². The Morgan fingerprint density at radius 3 is 2.77 bits per heavy atom. The first-order valence-corrected chi connectivity index (χ1v) is 6.98. The van der Waals surface area contributed by atoms with E-state index in [0.717, 1.165) is 0 Å². The van der Waals surface area contributed by atoms with Crippen molar-refractivity contribution in [3.63, 3.8) is 0 Å². The zero-order chi connectivity index (χ0) is 16.7. The highest BCUT2D eigenvalue weighted by Gasteiger charge is 2.16. The molecule has 1 aromatic rings. The van der Waals surface area contributed by atoms with Gasteiger partial charge in [-0.1, -0.05) is 18.5 Å². The van der Waals surface area contributed by atoms with Gasteiger partial charge >= 0.3 is 12.0 Å². The van der Waals surface area contributed by atoms with E-state index in [1.165, 1.54) is 37.1 Å². The standard InChI is InChI=1S/C14H18ClFN2O4/c1-9(13(19)20)8-18(2)14(21)17-5-6-22-10-3-4-12(16)11(15)7-10/h3-4,7,9H,5-6,8H2,1-2H3,(H,17,21)(H,19,20). The second-order valence-electron chi connectivity index (χ2n) is 4.78. The molecule has 1 atom stereocenters. The maximum Gasteiger partial charge on any atom is 0.317 e. The average Bonchev–Trinajstić information content (AvgIpc) is 2.46. The normalized spacial score (nSPS) is 11.6. The van der Waals surface area contributed by atoms with Gasteiger partial charge in [0.05, 0.1) is 17.5 Å². The van der Waals surface area contributed by atoms with Crippen molar-refractivity contribution in [1.82, 2.24) is 10.2 Å². The fourth-order valence-electron chi connectivity index (χ4n) is 1.60. The van der Waals surface area contributed by atoms with Crippen LogP contribution in [0.4, 0.5) is 9.18 Å². The molecule has 0 aliphatic rings. The van der Waals surface area contributed by atoms with Gasteiger partial charge in [0.25, 0.3) is 0 Å². The van der Waals surface area contributed by atoms with Gasteiger partial charge < -0.3 is 20.1 Å². The average molecular weight is 333 g/mol. The van der Waals surface area contributed by atoms with Crippen LogP contribution in [0.25, 0.3) is 0 Å². The number of carbonyl (C=O) groups excluding carboxylic acids is 1. The second-order valence-corrected chi connectivity index (χ2v) is 5.18. The van der Waals surface area contributed by atoms with Gasteiger partial charge in [-0.3, -0.25) is 4.79 Å². The zero-order valence-corrected chi connectivity index (χ0v) is 13.1. The monoisotopic (exact) mass is 332 g/mol. The molecule has 0 bridgehead atoms. The third-order valence-electron chi connectivity index (χ3n) is 2.85. The van der Waals surface area contributed by atoms with E-state index in [-0.39, 0.29) is 24.7 Å². The van der Waals surface area contributed by atoms with E-state index in [9.17, 15) is 14.0 Å². The number of hydrogen-bond acceptors (Lipinski definition) is 3. The molecule has 2 N–H and O–H groups in total. The summed E-state index contributed by atoms with van der Waals surface area (Å²) in [6.07, 6.45) is 0. The molecular weight excluding hydrogens is 315 g/mol. The fourth-order valence-corrected chi connectivity index (χ4v) is 1.77. The summed E-state index contributed by atoms with van der Waals surface area (Å²) in [4.78, 5) is 23.7. The van der Waals surface area contributed by atoms with Gasteiger partial charge in [-0.25, -0.2) is 9.18 Å². The van der Waals surface area contributed by atoms with Gasteiger partial charge in [0, 0.05) is 19.7 Å². The van der Waals surface area contributed by atoms with Crippen LogP contribution in [0.2, 0.25) is 5.02 Å². The predicted octanol–water partition coefficient (Wildman–Crippen LogP) is 2.22. The number of halogens is 2. The highest BCUT2D eigenvalue weighted by atomic mass is 35.5. The Bertz CT molecular complexity index is 542. The minimum Gasteiger partial charge on any atom is -0.492 e. The smallest absolute Gasteiger partial charge is 0.317 e. The number of nitrogens with one attached hydrogen (secondary N) is 1. The highest BCUT2D eigenvalue weighted by Crippen LogP contribution is 2.20. The van der Waals surface area contributed by atoms with Crippen molar-refractivity contribution in [3.8, 4) is 5.75 Å². The number of carbonyl (C=O) groups is 2. The summed E-state index contributed by atoms with van der Waals surface area (Å²) in [6, 6.07) is 3.58. The van der Waals surface area contributed by atoms with Gasteiger partial charge in [0.2, 0.25) is 0 Å². The lowest BCUT2D eigenvalue weighted by molar-refractivity contribution is -0.141. The third kappa shape index (κ3) is 5.77. The minimum absolute atomic E-state index is 0.0380. The number of benzene rings is 1. The number of carboxylic acid groups (broad SMARTS) is 1. The summed E-state index contributed by atoms with van der Waals surface area (Å²) in [6.45, 7) is 2.03. The van der Waals surface area contributed by atoms with Crippen LogP contribution in [0.5, 0.6) is 5.75 Å². The molecule has 1 unspecified atom stereocenters. The largest absolute Gasteiger partial charge is 0.492 e. The minimum atomic E-state index is -0.962. The summed E-state index contributed by atoms with van der Waals surface area (Å²) in [5.41, 5.74) is 0. The summed E-state index contributed by atoms with van der Waals surface area (Å²) in [5.74, 6) is -1.74. The van der Waals surface area contributed by atoms with E-state index < -0.39 is 23.7 Å². The number of nitrogens with zero attached hydrogens (tertiary/aromatic N) is 1. The molecule has 0 aliphatic carbocycles. The van der Waals surface area contributed by atoms with Crippen LogP contribution in [0, 0.1) is 11.7 Å². The van der Waals surface area contributed by atoms with E-state index in [4.69, 9.17) is 21.4 Å². The number of amides is 2. The number of urea groups is 1. The van der Waals surface area contributed by atoms with Gasteiger partial charge in [-0.05, 0) is 12.1 Å². The molecule has 0 aromatic heterocycles. The first kappa shape index (κ1) is 18.0. The molecule has 2 amide bonds. The van der Waals surface area contributed by atoms with Crippen LogP contribution in [0.3, 0.4) is 0 Å². The van der Waals surface area contributed by atoms with Crippen molar-refractivity contribution in [2.75, 3.05) is 26.7 Å². The van der Waals surface area contributed by atoms with Crippen molar-refractivity contribution in [2.45, 2.75) is 6.92 Å². The van der Waals surface area contributed by atoms with Gasteiger partial charge in [-0.15, -0.1) is 0 Å². The Balaban J connectivity index is 2.30. The molecule has 0 radical (unpaired) electrons. The number of carboxylic acids is 1. The summed E-state index contributed by atoms with van der Waals surface area (Å²) >= 11 is 5.61. The Kier molecular flexibility index (Phi) is 6.91. The fraction of sp³-hybridized carbons (Fsp3) is 0.429. The molecule has 6 nitrogen and oxygen atoms in total. The SMILES string of the molecule is CC(CN(C)C(=O)NCCOc1ccc(F)c(Cl)c1)C(=O)O. The van der Waals surface area contributed by atoms with E-state index in [2.05, 4.69) is 5.32 Å². The first-order chi connectivity index (χ1) is 10.3. The molecular formula is C14H18ClFN2O4. The van der Waals surface area contributed by atoms with Crippen molar-refractivity contribution >= 4 is 23.6 Å². The van der Waals surface area contributed by atoms with Crippen molar-refractivity contribution in [1.29, 1.82) is 0 Å². The van der Waals surface area contributed by atoms with Crippen LogP contribution in [-0.4, -0.2) is 48.8 Å². The number of aliphatic carboxylic acids is 1. The van der Waals surface area contributed by atoms with Crippen molar-refractivity contribution < 1.29 is 23.8 Å². The maximum absolute atomic E-state index is 13.0. The van der Waals surface area contributed by atoms with Crippen LogP contribution < -0.4 is 10.1 Å². The predicted molar refractivity (Wildman–Crippen MR) is 79.7 cm³/mol. The van der Waals surface area contributed by atoms with E-state index >= 15 is 0 Å². The Hall–Kier alpha value is -2.02. The molecule has 0 saturated carbocycles. The molecule has 122 valence electrons. The Labute approximate surface area is 132 Å². The maximum atomic E-state index is 13.0. The molecule has 0 fully saturated rings. The van der Waals surface area contributed by atoms with Crippen LogP contribution in [0.1, 0.15) is 6.92 Å². The van der Waals surface area contributed by atoms with E-state index in [0.29, 0.717) is 5.75 Å². The third-order valence-corrected chi connectivity index (χ3v) is 3.14. The van der Waals surface area contributed by atoms with Gasteiger partial charge in [0.15, 0.2) is 0 Å². The Morgan fingerprint density at radius 2 is 2.18 bits per heavy atom. The number of ether oxygens (including phenoxy) is 1. The lowest BCUT2D eigenvalue weighted by Crippen LogP contribution is -2.42. The summed E-state index contributed by atoms with van der Waals surface area (Å²) in [5, 5.41) is 11.3. The summed E-state index contributed by atoms with van der Waals surface area (Å²) < 4.78 is 18.3. The zero-order valence-electron chi connectivity index (χ0n) is 12.3. The summed E-state index contributed by atoms with van der Waals surface area (Å²) in [7, 11) is 1.51. The van der Waals surface area contributed by atoms with Crippen LogP contribution in [-0.2, 0) is 4.79 Å². The molecule has 0 heterocycles. The topological polar surface area (TPSA) is 78.9 Å². The highest BCUT2D eigenvalue weighted by molar-refractivity contribution is 6.30. The molecule has 0 aliphatic heterocycles. The van der Waals surface area contributed by atoms with Gasteiger partial charge in [0.1, 0.15) is 18.2 Å². The Morgan fingerprint density at radius 1 is 1.50 bits per heavy atom. The quantitative estimate of drug-likeness (QED) is 0.750. The van der Waals surface area contributed by atoms with E-state index in [1.54, 1.807) is 0 Å². The van der Waals surface area contributed by atoms with Gasteiger partial charge in [-0.2, -0.15) is 0 Å². The van der Waals surface area contributed by atoms with E-state index in [1.807, 2.05) is 0 Å². The molecule has 0 spiro atoms. The lowest BCUT2D eigenvalue weighted by Gasteiger charge is -2.20. The molecule has 8 heteroatoms. The molecule has 1 rings (SSSR count). The van der Waals surface area contributed by atoms with Crippen molar-refractivity contribution in [3.05, 3.63) is 29.0 Å². The number of rotatable bonds is 7. The molecule has 22 heavy (non-hydrogen) atoms.